The van der Waals surface area contributed by atoms with Crippen molar-refractivity contribution in [3.63, 3.8) is 0 Å². The topological polar surface area (TPSA) is 54.5 Å². The van der Waals surface area contributed by atoms with Crippen LogP contribution in [-0.2, 0) is 14.8 Å². The second kappa shape index (κ2) is 4.97. The molecule has 4 nitrogen and oxygen atoms in total. The Morgan fingerprint density at radius 3 is 2.50 bits per heavy atom. The van der Waals surface area contributed by atoms with E-state index >= 15 is 0 Å². The predicted molar refractivity (Wildman–Crippen MR) is 75.8 cm³/mol. The summed E-state index contributed by atoms with van der Waals surface area (Å²) in [6.07, 6.45) is 3.60. The Hall–Kier alpha value is -1.20. The minimum Gasteiger partial charge on any atom is -0.303 e. The summed E-state index contributed by atoms with van der Waals surface area (Å²) in [4.78, 5) is 11.5. The molecule has 1 aliphatic carbocycles. The molecule has 3 rings (SSSR count). The third kappa shape index (κ3) is 2.09. The van der Waals surface area contributed by atoms with Crippen LogP contribution in [0.1, 0.15) is 24.8 Å². The van der Waals surface area contributed by atoms with Gasteiger partial charge in [0.15, 0.2) is 0 Å². The molecular weight excluding hydrogens is 274 g/mol. The summed E-state index contributed by atoms with van der Waals surface area (Å²) >= 11 is 0. The number of hydrogen-bond acceptors (Lipinski definition) is 3. The zero-order valence-corrected chi connectivity index (χ0v) is 12.3. The van der Waals surface area contributed by atoms with E-state index < -0.39 is 10.0 Å². The van der Waals surface area contributed by atoms with Crippen molar-refractivity contribution in [2.75, 3.05) is 6.54 Å². The van der Waals surface area contributed by atoms with Crippen molar-refractivity contribution in [3.05, 3.63) is 29.8 Å². The Kier molecular flexibility index (Phi) is 3.42. The summed E-state index contributed by atoms with van der Waals surface area (Å²) < 4.78 is 27.1. The van der Waals surface area contributed by atoms with Gasteiger partial charge in [0, 0.05) is 18.5 Å². The SMILES string of the molecule is Cc1ccc(S(=O)(=O)N2CC[C@@H]3CC[C@@H](C=O)[C@@H]32)cc1. The van der Waals surface area contributed by atoms with Gasteiger partial charge in [-0.05, 0) is 44.2 Å². The average Bonchev–Trinajstić information content (AvgIpc) is 2.99. The molecule has 2 aliphatic rings. The lowest BCUT2D eigenvalue weighted by atomic mass is 10.0. The minimum atomic E-state index is -3.48. The Morgan fingerprint density at radius 1 is 1.15 bits per heavy atom. The fraction of sp³-hybridized carbons (Fsp3) is 0.533. The lowest BCUT2D eigenvalue weighted by Crippen LogP contribution is -2.40. The molecule has 1 aromatic carbocycles. The van der Waals surface area contributed by atoms with Crippen molar-refractivity contribution in [2.24, 2.45) is 11.8 Å². The zero-order valence-electron chi connectivity index (χ0n) is 11.5. The Balaban J connectivity index is 1.95. The van der Waals surface area contributed by atoms with Gasteiger partial charge in [0.05, 0.1) is 4.90 Å². The molecule has 1 heterocycles. The van der Waals surface area contributed by atoms with E-state index in [0.29, 0.717) is 17.4 Å². The van der Waals surface area contributed by atoms with Gasteiger partial charge in [0.1, 0.15) is 6.29 Å². The molecule has 0 aromatic heterocycles. The fourth-order valence-electron chi connectivity index (χ4n) is 3.58. The van der Waals surface area contributed by atoms with E-state index in [1.807, 2.05) is 19.1 Å². The van der Waals surface area contributed by atoms with E-state index in [2.05, 4.69) is 0 Å². The zero-order chi connectivity index (χ0) is 14.3. The first-order valence-electron chi connectivity index (χ1n) is 7.08. The van der Waals surface area contributed by atoms with Crippen LogP contribution in [0.5, 0.6) is 0 Å². The van der Waals surface area contributed by atoms with Crippen molar-refractivity contribution in [1.29, 1.82) is 0 Å². The molecule has 2 fully saturated rings. The number of aldehydes is 1. The Bertz CT molecular complexity index is 609. The first-order chi connectivity index (χ1) is 9.54. The summed E-state index contributed by atoms with van der Waals surface area (Å²) in [6.45, 7) is 2.47. The maximum absolute atomic E-state index is 12.8. The summed E-state index contributed by atoms with van der Waals surface area (Å²) in [7, 11) is -3.48. The van der Waals surface area contributed by atoms with E-state index in [0.717, 1.165) is 31.1 Å². The molecule has 0 unspecified atom stereocenters. The first kappa shape index (κ1) is 13.8. The van der Waals surface area contributed by atoms with Gasteiger partial charge in [-0.1, -0.05) is 17.7 Å². The molecule has 20 heavy (non-hydrogen) atoms. The second-order valence-electron chi connectivity index (χ2n) is 5.85. The maximum Gasteiger partial charge on any atom is 0.243 e. The van der Waals surface area contributed by atoms with Gasteiger partial charge in [-0.3, -0.25) is 0 Å². The van der Waals surface area contributed by atoms with E-state index in [1.165, 1.54) is 0 Å². The van der Waals surface area contributed by atoms with Gasteiger partial charge >= 0.3 is 0 Å². The maximum atomic E-state index is 12.8. The van der Waals surface area contributed by atoms with E-state index in [4.69, 9.17) is 0 Å². The van der Waals surface area contributed by atoms with Crippen LogP contribution in [0.4, 0.5) is 0 Å². The molecule has 3 atom stereocenters. The van der Waals surface area contributed by atoms with Gasteiger partial charge < -0.3 is 4.79 Å². The van der Waals surface area contributed by atoms with Gasteiger partial charge in [0.2, 0.25) is 10.0 Å². The third-order valence-electron chi connectivity index (χ3n) is 4.65. The van der Waals surface area contributed by atoms with Crippen LogP contribution in [0, 0.1) is 18.8 Å². The van der Waals surface area contributed by atoms with Crippen LogP contribution in [0.2, 0.25) is 0 Å². The fourth-order valence-corrected chi connectivity index (χ4v) is 5.32. The number of hydrogen-bond donors (Lipinski definition) is 0. The normalized spacial score (nSPS) is 30.4. The van der Waals surface area contributed by atoms with E-state index in [9.17, 15) is 13.2 Å². The molecule has 1 aromatic rings. The van der Waals surface area contributed by atoms with Crippen molar-refractivity contribution >= 4 is 16.3 Å². The summed E-state index contributed by atoms with van der Waals surface area (Å²) in [5.41, 5.74) is 1.04. The number of benzene rings is 1. The van der Waals surface area contributed by atoms with Crippen LogP contribution < -0.4 is 0 Å². The van der Waals surface area contributed by atoms with Gasteiger partial charge in [-0.2, -0.15) is 4.31 Å². The smallest absolute Gasteiger partial charge is 0.243 e. The third-order valence-corrected chi connectivity index (χ3v) is 6.56. The molecule has 0 bridgehead atoms. The lowest BCUT2D eigenvalue weighted by molar-refractivity contribution is -0.111. The number of fused-ring (bicyclic) bond motifs is 1. The molecule has 0 spiro atoms. The quantitative estimate of drug-likeness (QED) is 0.801. The monoisotopic (exact) mass is 293 g/mol. The molecule has 0 radical (unpaired) electrons. The molecule has 0 N–H and O–H groups in total. The van der Waals surface area contributed by atoms with Crippen molar-refractivity contribution < 1.29 is 13.2 Å². The molecule has 108 valence electrons. The van der Waals surface area contributed by atoms with Crippen molar-refractivity contribution in [3.8, 4) is 0 Å². The van der Waals surface area contributed by atoms with Crippen LogP contribution in [0.3, 0.4) is 0 Å². The predicted octanol–water partition coefficient (Wildman–Crippen LogP) is 1.98. The molecule has 1 saturated heterocycles. The number of carbonyl (C=O) groups is 1. The molecule has 5 heteroatoms. The van der Waals surface area contributed by atoms with Crippen LogP contribution in [0.25, 0.3) is 0 Å². The summed E-state index contributed by atoms with van der Waals surface area (Å²) in [5.74, 6) is 0.216. The van der Waals surface area contributed by atoms with Crippen LogP contribution in [-0.4, -0.2) is 31.6 Å². The Morgan fingerprint density at radius 2 is 1.85 bits per heavy atom. The number of rotatable bonds is 3. The molecule has 1 saturated carbocycles. The first-order valence-corrected chi connectivity index (χ1v) is 8.52. The molecule has 1 aliphatic heterocycles. The highest BCUT2D eigenvalue weighted by Gasteiger charge is 2.48. The number of nitrogens with zero attached hydrogens (tertiary/aromatic N) is 1. The van der Waals surface area contributed by atoms with Crippen molar-refractivity contribution in [2.45, 2.75) is 37.1 Å². The standard InChI is InChI=1S/C15H19NO3S/c1-11-2-6-14(7-3-11)20(18,19)16-9-8-12-4-5-13(10-17)15(12)16/h2-3,6-7,10,12-13,15H,4-5,8-9H2,1H3/t12-,13-,15+/m0/s1. The summed E-state index contributed by atoms with van der Waals surface area (Å²) in [5, 5.41) is 0. The van der Waals surface area contributed by atoms with E-state index in [1.54, 1.807) is 16.4 Å². The highest BCUT2D eigenvalue weighted by molar-refractivity contribution is 7.89. The molecule has 0 amide bonds. The average molecular weight is 293 g/mol. The van der Waals surface area contributed by atoms with E-state index in [-0.39, 0.29) is 12.0 Å². The van der Waals surface area contributed by atoms with Gasteiger partial charge in [-0.15, -0.1) is 0 Å². The summed E-state index contributed by atoms with van der Waals surface area (Å²) in [6, 6.07) is 6.81. The van der Waals surface area contributed by atoms with Crippen LogP contribution in [0.15, 0.2) is 29.2 Å². The second-order valence-corrected chi connectivity index (χ2v) is 7.74. The van der Waals surface area contributed by atoms with Crippen molar-refractivity contribution in [1.82, 2.24) is 4.31 Å². The van der Waals surface area contributed by atoms with Gasteiger partial charge in [0.25, 0.3) is 0 Å². The highest BCUT2D eigenvalue weighted by Crippen LogP contribution is 2.43. The Labute approximate surface area is 119 Å². The highest BCUT2D eigenvalue weighted by atomic mass is 32.2. The largest absolute Gasteiger partial charge is 0.303 e. The number of carbonyl (C=O) groups excluding carboxylic acids is 1. The van der Waals surface area contributed by atoms with Crippen LogP contribution >= 0.6 is 0 Å². The lowest BCUT2D eigenvalue weighted by Gasteiger charge is -2.26. The number of aryl methyl sites for hydroxylation is 1. The minimum absolute atomic E-state index is 0.126. The number of sulfonamides is 1. The van der Waals surface area contributed by atoms with Gasteiger partial charge in [-0.25, -0.2) is 8.42 Å². The molecular formula is C15H19NO3S.